The molecule has 0 amide bonds. The van der Waals surface area contributed by atoms with Gasteiger partial charge < -0.3 is 10.5 Å². The molecule has 0 radical (unpaired) electrons. The molecule has 0 fully saturated rings. The Balaban J connectivity index is 2.43. The number of halogens is 2. The lowest BCUT2D eigenvalue weighted by molar-refractivity contribution is -0.385. The Morgan fingerprint density at radius 2 is 1.86 bits per heavy atom. The van der Waals surface area contributed by atoms with Crippen LogP contribution in [0.1, 0.15) is 11.1 Å². The van der Waals surface area contributed by atoms with Gasteiger partial charge in [0.05, 0.1) is 4.92 Å². The third-order valence-corrected chi connectivity index (χ3v) is 2.82. The Labute approximate surface area is 118 Å². The fourth-order valence-electron chi connectivity index (χ4n) is 1.72. The molecular formula is C13H11F2N3O3. The van der Waals surface area contributed by atoms with E-state index in [1.165, 1.54) is 19.1 Å². The third-order valence-electron chi connectivity index (χ3n) is 2.82. The van der Waals surface area contributed by atoms with E-state index >= 15 is 0 Å². The van der Waals surface area contributed by atoms with Gasteiger partial charge in [-0.1, -0.05) is 0 Å². The molecule has 1 aromatic heterocycles. The lowest BCUT2D eigenvalue weighted by Gasteiger charge is -2.10. The Kier molecular flexibility index (Phi) is 3.70. The first kappa shape index (κ1) is 14.6. The summed E-state index contributed by atoms with van der Waals surface area (Å²) in [6.07, 6.45) is 0. The number of aryl methyl sites for hydroxylation is 2. The summed E-state index contributed by atoms with van der Waals surface area (Å²) in [5, 5.41) is 10.8. The van der Waals surface area contributed by atoms with Crippen LogP contribution in [0.3, 0.4) is 0 Å². The molecule has 110 valence electrons. The van der Waals surface area contributed by atoms with Crippen LogP contribution in [0.25, 0.3) is 0 Å². The number of pyridine rings is 1. The predicted molar refractivity (Wildman–Crippen MR) is 71.2 cm³/mol. The number of nitrogens with zero attached hydrogens (tertiary/aromatic N) is 2. The van der Waals surface area contributed by atoms with Crippen LogP contribution in [0.5, 0.6) is 11.6 Å². The number of anilines is 1. The minimum Gasteiger partial charge on any atom is -0.436 e. The molecule has 0 aliphatic rings. The zero-order valence-corrected chi connectivity index (χ0v) is 11.2. The fourth-order valence-corrected chi connectivity index (χ4v) is 1.72. The van der Waals surface area contributed by atoms with Crippen LogP contribution in [0.4, 0.5) is 20.3 Å². The maximum absolute atomic E-state index is 13.6. The van der Waals surface area contributed by atoms with Crippen LogP contribution >= 0.6 is 0 Å². The van der Waals surface area contributed by atoms with Gasteiger partial charge in [0.15, 0.2) is 17.5 Å². The summed E-state index contributed by atoms with van der Waals surface area (Å²) in [4.78, 5) is 13.8. The SMILES string of the molecule is Cc1cc([N+](=O)[O-])c(C)cc1Oc1nc(N)c(F)cc1F. The molecule has 2 rings (SSSR count). The van der Waals surface area contributed by atoms with E-state index in [4.69, 9.17) is 10.5 Å². The van der Waals surface area contributed by atoms with Crippen molar-refractivity contribution in [1.29, 1.82) is 0 Å². The van der Waals surface area contributed by atoms with Gasteiger partial charge in [0.2, 0.25) is 0 Å². The van der Waals surface area contributed by atoms with E-state index in [-0.39, 0.29) is 11.4 Å². The minimum absolute atomic E-state index is 0.0769. The Bertz CT molecular complexity index is 735. The first-order chi connectivity index (χ1) is 9.79. The van der Waals surface area contributed by atoms with Crippen LogP contribution in [-0.4, -0.2) is 9.91 Å². The maximum atomic E-state index is 13.6. The highest BCUT2D eigenvalue weighted by Crippen LogP contribution is 2.32. The van der Waals surface area contributed by atoms with Gasteiger partial charge in [-0.15, -0.1) is 0 Å². The first-order valence-corrected chi connectivity index (χ1v) is 5.84. The summed E-state index contributed by atoms with van der Waals surface area (Å²) < 4.78 is 31.8. The Morgan fingerprint density at radius 3 is 2.48 bits per heavy atom. The van der Waals surface area contributed by atoms with Gasteiger partial charge in [0, 0.05) is 17.7 Å². The molecule has 0 bridgehead atoms. The third kappa shape index (κ3) is 2.88. The quantitative estimate of drug-likeness (QED) is 0.693. The molecular weight excluding hydrogens is 284 g/mol. The van der Waals surface area contributed by atoms with E-state index in [1.807, 2.05) is 0 Å². The van der Waals surface area contributed by atoms with Gasteiger partial charge in [-0.05, 0) is 25.5 Å². The smallest absolute Gasteiger partial charge is 0.272 e. The molecule has 0 unspecified atom stereocenters. The molecule has 0 saturated carbocycles. The highest BCUT2D eigenvalue weighted by Gasteiger charge is 2.17. The Hall–Kier alpha value is -2.77. The van der Waals surface area contributed by atoms with Gasteiger partial charge in [-0.25, -0.2) is 8.78 Å². The van der Waals surface area contributed by atoms with E-state index in [0.29, 0.717) is 17.2 Å². The lowest BCUT2D eigenvalue weighted by atomic mass is 10.1. The molecule has 6 nitrogen and oxygen atoms in total. The summed E-state index contributed by atoms with van der Waals surface area (Å²) in [7, 11) is 0. The number of hydrogen-bond acceptors (Lipinski definition) is 5. The molecule has 21 heavy (non-hydrogen) atoms. The van der Waals surface area contributed by atoms with Crippen molar-refractivity contribution in [3.63, 3.8) is 0 Å². The average Bonchev–Trinajstić information content (AvgIpc) is 2.39. The molecule has 2 aromatic rings. The van der Waals surface area contributed by atoms with Crippen molar-refractivity contribution < 1.29 is 18.4 Å². The number of nitrogen functional groups attached to an aromatic ring is 1. The van der Waals surface area contributed by atoms with Crippen molar-refractivity contribution >= 4 is 11.5 Å². The van der Waals surface area contributed by atoms with Gasteiger partial charge in [0.25, 0.3) is 11.6 Å². The molecule has 0 aliphatic heterocycles. The monoisotopic (exact) mass is 295 g/mol. The molecule has 0 spiro atoms. The minimum atomic E-state index is -1.02. The maximum Gasteiger partial charge on any atom is 0.272 e. The van der Waals surface area contributed by atoms with Crippen molar-refractivity contribution in [2.45, 2.75) is 13.8 Å². The lowest BCUT2D eigenvalue weighted by Crippen LogP contribution is -2.01. The largest absolute Gasteiger partial charge is 0.436 e. The topological polar surface area (TPSA) is 91.3 Å². The highest BCUT2D eigenvalue weighted by molar-refractivity contribution is 5.50. The summed E-state index contributed by atoms with van der Waals surface area (Å²) in [5.74, 6) is -2.82. The number of nitro groups is 1. The second-order valence-corrected chi connectivity index (χ2v) is 4.41. The molecule has 0 aliphatic carbocycles. The van der Waals surface area contributed by atoms with Gasteiger partial charge in [-0.3, -0.25) is 10.1 Å². The number of rotatable bonds is 3. The van der Waals surface area contributed by atoms with Crippen LogP contribution in [0.15, 0.2) is 18.2 Å². The predicted octanol–water partition coefficient (Wildman–Crippen LogP) is 3.26. The van der Waals surface area contributed by atoms with E-state index in [0.717, 1.165) is 0 Å². The molecule has 1 aromatic carbocycles. The van der Waals surface area contributed by atoms with E-state index in [9.17, 15) is 18.9 Å². The van der Waals surface area contributed by atoms with Gasteiger partial charge in [0.1, 0.15) is 5.75 Å². The zero-order chi connectivity index (χ0) is 15.7. The number of hydrogen-bond donors (Lipinski definition) is 1. The number of nitro benzene ring substituents is 1. The summed E-state index contributed by atoms with van der Waals surface area (Å²) in [6.45, 7) is 3.08. The number of ether oxygens (including phenoxy) is 1. The molecule has 8 heteroatoms. The van der Waals surface area contributed by atoms with Crippen molar-refractivity contribution in [2.75, 3.05) is 5.73 Å². The van der Waals surface area contributed by atoms with Crippen molar-refractivity contribution in [3.05, 3.63) is 51.1 Å². The number of benzene rings is 1. The normalized spacial score (nSPS) is 10.5. The van der Waals surface area contributed by atoms with Crippen molar-refractivity contribution in [3.8, 4) is 11.6 Å². The van der Waals surface area contributed by atoms with E-state index in [1.54, 1.807) is 6.92 Å². The van der Waals surface area contributed by atoms with Gasteiger partial charge >= 0.3 is 0 Å². The first-order valence-electron chi connectivity index (χ1n) is 5.84. The number of nitrogens with two attached hydrogens (primary N) is 1. The molecule has 1 heterocycles. The summed E-state index contributed by atoms with van der Waals surface area (Å²) >= 11 is 0. The molecule has 0 atom stereocenters. The van der Waals surface area contributed by atoms with Crippen molar-refractivity contribution in [1.82, 2.24) is 4.98 Å². The number of aromatic nitrogens is 1. The van der Waals surface area contributed by atoms with Crippen LogP contribution in [0.2, 0.25) is 0 Å². The second kappa shape index (κ2) is 5.31. The Morgan fingerprint density at radius 1 is 1.19 bits per heavy atom. The molecule has 2 N–H and O–H groups in total. The zero-order valence-electron chi connectivity index (χ0n) is 11.2. The standard InChI is InChI=1S/C13H11F2N3O3/c1-6-4-11(7(2)3-10(6)18(19)20)21-13-9(15)5-8(14)12(16)17-13/h3-5H,1-2H3,(H2,16,17). The fraction of sp³-hybridized carbons (Fsp3) is 0.154. The van der Waals surface area contributed by atoms with E-state index < -0.39 is 28.3 Å². The average molecular weight is 295 g/mol. The summed E-state index contributed by atoms with van der Waals surface area (Å²) in [5.41, 5.74) is 5.93. The van der Waals surface area contributed by atoms with E-state index in [2.05, 4.69) is 4.98 Å². The highest BCUT2D eigenvalue weighted by atomic mass is 19.1. The van der Waals surface area contributed by atoms with Crippen LogP contribution in [-0.2, 0) is 0 Å². The van der Waals surface area contributed by atoms with Crippen LogP contribution in [0, 0.1) is 35.6 Å². The summed E-state index contributed by atoms with van der Waals surface area (Å²) in [6, 6.07) is 3.24. The van der Waals surface area contributed by atoms with Crippen LogP contribution < -0.4 is 10.5 Å². The van der Waals surface area contributed by atoms with Crippen molar-refractivity contribution in [2.24, 2.45) is 0 Å². The van der Waals surface area contributed by atoms with Gasteiger partial charge in [-0.2, -0.15) is 4.98 Å². The molecule has 0 saturated heterocycles. The second-order valence-electron chi connectivity index (χ2n) is 4.41.